The molecule has 1 amide bonds. The Hall–Kier alpha value is -2.89. The van der Waals surface area contributed by atoms with E-state index in [1.165, 1.54) is 11.1 Å². The van der Waals surface area contributed by atoms with Gasteiger partial charge in [0.15, 0.2) is 12.3 Å². The van der Waals surface area contributed by atoms with Crippen LogP contribution in [0, 0.1) is 6.92 Å². The molecule has 3 aromatic rings. The van der Waals surface area contributed by atoms with Gasteiger partial charge in [0.25, 0.3) is 5.91 Å². The zero-order valence-corrected chi connectivity index (χ0v) is 15.4. The molecule has 0 unspecified atom stereocenters. The fourth-order valence-corrected chi connectivity index (χ4v) is 2.96. The van der Waals surface area contributed by atoms with Crippen LogP contribution in [0.4, 0.5) is 0 Å². The summed E-state index contributed by atoms with van der Waals surface area (Å²) >= 11 is 0. The van der Waals surface area contributed by atoms with E-state index in [1.54, 1.807) is 0 Å². The maximum Gasteiger partial charge on any atom is 0.257 e. The Kier molecular flexibility index (Phi) is 5.51. The number of aromatic nitrogens is 3. The minimum atomic E-state index is -0.149. The lowest BCUT2D eigenvalue weighted by Gasteiger charge is -2.12. The highest BCUT2D eigenvalue weighted by atomic mass is 16.5. The first-order chi connectivity index (χ1) is 12.5. The molecule has 0 atom stereocenters. The lowest BCUT2D eigenvalue weighted by atomic mass is 9.98. The number of rotatable bonds is 7. The molecular weight excluding hydrogens is 328 g/mol. The third-order valence-corrected chi connectivity index (χ3v) is 4.29. The summed E-state index contributed by atoms with van der Waals surface area (Å²) in [6, 6.07) is 11.7. The summed E-state index contributed by atoms with van der Waals surface area (Å²) in [6.45, 7) is 6.87. The lowest BCUT2D eigenvalue weighted by Crippen LogP contribution is -2.30. The van der Waals surface area contributed by atoms with E-state index >= 15 is 0 Å². The van der Waals surface area contributed by atoms with E-state index in [1.807, 2.05) is 40.9 Å². The van der Waals surface area contributed by atoms with Crippen molar-refractivity contribution >= 4 is 11.6 Å². The van der Waals surface area contributed by atoms with Crippen LogP contribution < -0.4 is 10.1 Å². The second kappa shape index (κ2) is 7.99. The van der Waals surface area contributed by atoms with Crippen molar-refractivity contribution in [2.75, 3.05) is 13.2 Å². The molecule has 0 saturated heterocycles. The number of aryl methyl sites for hydroxylation is 1. The molecule has 136 valence electrons. The maximum atomic E-state index is 12.0. The Morgan fingerprint density at radius 1 is 1.23 bits per heavy atom. The van der Waals surface area contributed by atoms with Gasteiger partial charge in [-0.15, -0.1) is 10.2 Å². The van der Waals surface area contributed by atoms with Gasteiger partial charge in [0.2, 0.25) is 0 Å². The van der Waals surface area contributed by atoms with Gasteiger partial charge in [0.1, 0.15) is 11.6 Å². The smallest absolute Gasteiger partial charge is 0.257 e. The van der Waals surface area contributed by atoms with Crippen LogP contribution in [0.3, 0.4) is 0 Å². The van der Waals surface area contributed by atoms with Crippen LogP contribution in [0.5, 0.6) is 5.75 Å². The number of nitrogens with zero attached hydrogens (tertiary/aromatic N) is 3. The Morgan fingerprint density at radius 3 is 2.85 bits per heavy atom. The Labute approximate surface area is 153 Å². The van der Waals surface area contributed by atoms with Gasteiger partial charge in [-0.3, -0.25) is 9.20 Å². The van der Waals surface area contributed by atoms with E-state index in [2.05, 4.69) is 42.4 Å². The zero-order chi connectivity index (χ0) is 18.5. The van der Waals surface area contributed by atoms with Crippen molar-refractivity contribution in [3.63, 3.8) is 0 Å². The fraction of sp³-hybridized carbons (Fsp3) is 0.350. The second-order valence-electron chi connectivity index (χ2n) is 6.61. The molecule has 1 aromatic carbocycles. The molecule has 26 heavy (non-hydrogen) atoms. The second-order valence-corrected chi connectivity index (χ2v) is 6.61. The highest BCUT2D eigenvalue weighted by Gasteiger charge is 2.08. The van der Waals surface area contributed by atoms with Gasteiger partial charge in [-0.05, 0) is 48.2 Å². The topological polar surface area (TPSA) is 68.5 Å². The largest absolute Gasteiger partial charge is 0.484 e. The van der Waals surface area contributed by atoms with E-state index in [9.17, 15) is 4.79 Å². The number of carbonyl (C=O) groups excluding carboxylic acids is 1. The summed E-state index contributed by atoms with van der Waals surface area (Å²) in [5.74, 6) is 1.86. The number of ether oxygens (including phenoxy) is 1. The van der Waals surface area contributed by atoms with Gasteiger partial charge >= 0.3 is 0 Å². The summed E-state index contributed by atoms with van der Waals surface area (Å²) in [5.41, 5.74) is 3.27. The number of benzene rings is 1. The van der Waals surface area contributed by atoms with E-state index in [4.69, 9.17) is 4.74 Å². The normalized spacial score (nSPS) is 11.1. The van der Waals surface area contributed by atoms with Crippen molar-refractivity contribution in [3.05, 3.63) is 59.5 Å². The molecule has 0 aliphatic carbocycles. The molecule has 0 aliphatic heterocycles. The molecule has 0 bridgehead atoms. The summed E-state index contributed by atoms with van der Waals surface area (Å²) < 4.78 is 7.51. The molecule has 2 aromatic heterocycles. The fourth-order valence-electron chi connectivity index (χ4n) is 2.96. The quantitative estimate of drug-likeness (QED) is 0.710. The average Bonchev–Trinajstić information content (AvgIpc) is 3.03. The van der Waals surface area contributed by atoms with Crippen LogP contribution >= 0.6 is 0 Å². The maximum absolute atomic E-state index is 12.0. The summed E-state index contributed by atoms with van der Waals surface area (Å²) in [7, 11) is 0. The highest BCUT2D eigenvalue weighted by molar-refractivity contribution is 5.77. The van der Waals surface area contributed by atoms with Crippen LogP contribution in [0.25, 0.3) is 5.65 Å². The van der Waals surface area contributed by atoms with Gasteiger partial charge in [-0.2, -0.15) is 0 Å². The molecule has 1 N–H and O–H groups in total. The molecule has 6 heteroatoms. The van der Waals surface area contributed by atoms with Crippen molar-refractivity contribution < 1.29 is 9.53 Å². The van der Waals surface area contributed by atoms with E-state index < -0.39 is 0 Å². The van der Waals surface area contributed by atoms with E-state index in [0.29, 0.717) is 24.6 Å². The van der Waals surface area contributed by atoms with Gasteiger partial charge in [0.05, 0.1) is 0 Å². The van der Waals surface area contributed by atoms with Gasteiger partial charge in [-0.1, -0.05) is 26.0 Å². The molecule has 0 aliphatic rings. The zero-order valence-electron chi connectivity index (χ0n) is 15.4. The minimum absolute atomic E-state index is 0.00104. The highest BCUT2D eigenvalue weighted by Crippen LogP contribution is 2.23. The predicted molar refractivity (Wildman–Crippen MR) is 100 cm³/mol. The molecule has 0 saturated carbocycles. The third-order valence-electron chi connectivity index (χ3n) is 4.29. The molecule has 0 fully saturated rings. The number of amides is 1. The van der Waals surface area contributed by atoms with Crippen molar-refractivity contribution in [3.8, 4) is 5.75 Å². The van der Waals surface area contributed by atoms with Crippen LogP contribution in [-0.2, 0) is 11.2 Å². The Bertz CT molecular complexity index is 902. The first-order valence-electron chi connectivity index (χ1n) is 8.83. The number of hydrogen-bond donors (Lipinski definition) is 1. The molecule has 0 radical (unpaired) electrons. The Balaban J connectivity index is 1.46. The number of pyridine rings is 1. The van der Waals surface area contributed by atoms with Gasteiger partial charge in [0, 0.05) is 19.2 Å². The summed E-state index contributed by atoms with van der Waals surface area (Å²) in [6.07, 6.45) is 2.53. The van der Waals surface area contributed by atoms with Crippen molar-refractivity contribution in [2.24, 2.45) is 0 Å². The molecule has 3 rings (SSSR count). The number of carbonyl (C=O) groups is 1. The monoisotopic (exact) mass is 352 g/mol. The first-order valence-corrected chi connectivity index (χ1v) is 8.83. The first kappa shape index (κ1) is 17.9. The molecule has 6 nitrogen and oxygen atoms in total. The molecule has 0 spiro atoms. The number of nitrogens with one attached hydrogen (secondary N) is 1. The van der Waals surface area contributed by atoms with Crippen molar-refractivity contribution in [1.82, 2.24) is 19.9 Å². The predicted octanol–water partition coefficient (Wildman–Crippen LogP) is 2.90. The lowest BCUT2D eigenvalue weighted by molar-refractivity contribution is -0.123. The minimum Gasteiger partial charge on any atom is -0.484 e. The van der Waals surface area contributed by atoms with Gasteiger partial charge < -0.3 is 10.1 Å². The molecular formula is C20H24N4O2. The number of fused-ring (bicyclic) bond motifs is 1. The standard InChI is InChI=1S/C20H24N4O2/c1-14(2)17-8-7-16(12-15(17)3)26-13-20(25)21-10-9-19-23-22-18-6-4-5-11-24(18)19/h4-8,11-12,14H,9-10,13H2,1-3H3,(H,21,25). The SMILES string of the molecule is Cc1cc(OCC(=O)NCCc2nnc3ccccn23)ccc1C(C)C. The van der Waals surface area contributed by atoms with Crippen LogP contribution in [0.15, 0.2) is 42.6 Å². The van der Waals surface area contributed by atoms with Gasteiger partial charge in [-0.25, -0.2) is 0 Å². The summed E-state index contributed by atoms with van der Waals surface area (Å²) in [5, 5.41) is 11.1. The van der Waals surface area contributed by atoms with E-state index in [0.717, 1.165) is 11.5 Å². The van der Waals surface area contributed by atoms with Crippen LogP contribution in [0.1, 0.15) is 36.7 Å². The van der Waals surface area contributed by atoms with Crippen LogP contribution in [-0.4, -0.2) is 33.7 Å². The van der Waals surface area contributed by atoms with Crippen molar-refractivity contribution in [2.45, 2.75) is 33.1 Å². The third kappa shape index (κ3) is 4.20. The molecule has 2 heterocycles. The van der Waals surface area contributed by atoms with E-state index in [-0.39, 0.29) is 12.5 Å². The van der Waals surface area contributed by atoms with Crippen LogP contribution in [0.2, 0.25) is 0 Å². The number of hydrogen-bond acceptors (Lipinski definition) is 4. The Morgan fingerprint density at radius 2 is 2.08 bits per heavy atom. The van der Waals surface area contributed by atoms with Crippen molar-refractivity contribution in [1.29, 1.82) is 0 Å². The summed E-state index contributed by atoms with van der Waals surface area (Å²) in [4.78, 5) is 12.0. The average molecular weight is 352 g/mol.